The Morgan fingerprint density at radius 3 is 2.21 bits per heavy atom. The van der Waals surface area contributed by atoms with Gasteiger partial charge in [-0.2, -0.15) is 0 Å². The van der Waals surface area contributed by atoms with Crippen LogP contribution >= 0.6 is 11.3 Å². The van der Waals surface area contributed by atoms with Crippen LogP contribution in [0.1, 0.15) is 31.1 Å². The summed E-state index contributed by atoms with van der Waals surface area (Å²) in [6.07, 6.45) is 1.45. The molecule has 4 rings (SSSR count). The molecular formula is C18H9N2O6S2-. The van der Waals surface area contributed by atoms with Crippen molar-refractivity contribution >= 4 is 44.1 Å². The summed E-state index contributed by atoms with van der Waals surface area (Å²) in [7, 11) is -4.02. The van der Waals surface area contributed by atoms with Crippen LogP contribution in [0.5, 0.6) is 0 Å². The van der Waals surface area contributed by atoms with Gasteiger partial charge < -0.3 is 9.90 Å². The summed E-state index contributed by atoms with van der Waals surface area (Å²) < 4.78 is 25.7. The van der Waals surface area contributed by atoms with E-state index in [-0.39, 0.29) is 31.6 Å². The molecule has 0 atom stereocenters. The lowest BCUT2D eigenvalue weighted by Crippen LogP contribution is -2.29. The Labute approximate surface area is 162 Å². The molecule has 0 fully saturated rings. The molecule has 1 aliphatic heterocycles. The predicted octanol–water partition coefficient (Wildman–Crippen LogP) is 1.14. The molecule has 0 unspecified atom stereocenters. The topological polar surface area (TPSA) is 125 Å². The predicted molar refractivity (Wildman–Crippen MR) is 95.9 cm³/mol. The number of rotatable bonds is 4. The quantitative estimate of drug-likeness (QED) is 0.587. The summed E-state index contributed by atoms with van der Waals surface area (Å²) in [5, 5.41) is 12.6. The normalized spacial score (nSPS) is 13.6. The maximum atomic E-state index is 12.8. The van der Waals surface area contributed by atoms with Crippen molar-refractivity contribution in [2.24, 2.45) is 0 Å². The highest BCUT2D eigenvalue weighted by Gasteiger charge is 2.39. The molecule has 28 heavy (non-hydrogen) atoms. The van der Waals surface area contributed by atoms with Gasteiger partial charge in [-0.15, -0.1) is 11.3 Å². The Hall–Kier alpha value is -3.37. The van der Waals surface area contributed by atoms with Crippen molar-refractivity contribution in [2.45, 2.75) is 9.79 Å². The van der Waals surface area contributed by atoms with E-state index in [4.69, 9.17) is 0 Å². The van der Waals surface area contributed by atoms with Gasteiger partial charge in [0.25, 0.3) is 11.8 Å². The molecule has 8 nitrogen and oxygen atoms in total. The minimum atomic E-state index is -4.02. The zero-order valence-electron chi connectivity index (χ0n) is 13.9. The van der Waals surface area contributed by atoms with Gasteiger partial charge in [0.2, 0.25) is 9.84 Å². The van der Waals surface area contributed by atoms with Crippen molar-refractivity contribution in [1.29, 1.82) is 0 Å². The highest BCUT2D eigenvalue weighted by molar-refractivity contribution is 7.91. The van der Waals surface area contributed by atoms with E-state index >= 15 is 0 Å². The molecule has 3 aromatic rings. The van der Waals surface area contributed by atoms with Gasteiger partial charge in [0, 0.05) is 11.6 Å². The number of hydrogen-bond acceptors (Lipinski definition) is 8. The Morgan fingerprint density at radius 1 is 0.964 bits per heavy atom. The van der Waals surface area contributed by atoms with Crippen molar-refractivity contribution in [3.63, 3.8) is 0 Å². The maximum Gasteiger partial charge on any atom is 0.268 e. The Morgan fingerprint density at radius 2 is 1.61 bits per heavy atom. The Kier molecular flexibility index (Phi) is 4.09. The SMILES string of the molecule is O=C([O-])c1ccc(S(=O)(=O)c2ccc3c(c2)C(=O)N(c2nccs2)C3=O)cc1. The van der Waals surface area contributed by atoms with E-state index in [1.165, 1.54) is 18.3 Å². The number of aromatic nitrogens is 1. The second kappa shape index (κ2) is 6.36. The number of imide groups is 1. The zero-order valence-corrected chi connectivity index (χ0v) is 15.5. The third-order valence-corrected chi connectivity index (χ3v) is 6.70. The number of nitrogens with zero attached hydrogens (tertiary/aromatic N) is 2. The second-order valence-electron chi connectivity index (χ2n) is 5.78. The number of fused-ring (bicyclic) bond motifs is 1. The van der Waals surface area contributed by atoms with Gasteiger partial charge in [-0.1, -0.05) is 12.1 Å². The molecule has 0 aliphatic carbocycles. The van der Waals surface area contributed by atoms with Gasteiger partial charge >= 0.3 is 0 Å². The van der Waals surface area contributed by atoms with Crippen molar-refractivity contribution in [1.82, 2.24) is 4.98 Å². The van der Waals surface area contributed by atoms with Crippen LogP contribution in [0.15, 0.2) is 63.8 Å². The third-order valence-electron chi connectivity index (χ3n) is 4.18. The number of aromatic carboxylic acids is 1. The van der Waals surface area contributed by atoms with Crippen molar-refractivity contribution < 1.29 is 27.9 Å². The van der Waals surface area contributed by atoms with Crippen molar-refractivity contribution in [2.75, 3.05) is 4.90 Å². The Balaban J connectivity index is 1.75. The largest absolute Gasteiger partial charge is 0.545 e. The summed E-state index contributed by atoms with van der Waals surface area (Å²) >= 11 is 1.11. The molecule has 0 saturated carbocycles. The number of hydrogen-bond donors (Lipinski definition) is 0. The number of sulfone groups is 1. The summed E-state index contributed by atoms with van der Waals surface area (Å²) in [6.45, 7) is 0. The van der Waals surface area contributed by atoms with Crippen molar-refractivity contribution in [3.8, 4) is 0 Å². The summed E-state index contributed by atoms with van der Waals surface area (Å²) in [6, 6.07) is 8.18. The number of carboxylic acids is 1. The van der Waals surface area contributed by atoms with E-state index in [0.29, 0.717) is 0 Å². The minimum absolute atomic E-state index is 0.0346. The number of amides is 2. The van der Waals surface area contributed by atoms with E-state index in [2.05, 4.69) is 4.98 Å². The smallest absolute Gasteiger partial charge is 0.268 e. The molecule has 1 aromatic heterocycles. The highest BCUT2D eigenvalue weighted by Crippen LogP contribution is 2.32. The number of benzene rings is 2. The molecular weight excluding hydrogens is 404 g/mol. The van der Waals surface area contributed by atoms with E-state index in [9.17, 15) is 27.9 Å². The van der Waals surface area contributed by atoms with Gasteiger partial charge in [-0.25, -0.2) is 18.3 Å². The zero-order chi connectivity index (χ0) is 20.1. The molecule has 2 aromatic carbocycles. The lowest BCUT2D eigenvalue weighted by molar-refractivity contribution is -0.255. The number of thiazole rings is 1. The van der Waals surface area contributed by atoms with Crippen LogP contribution < -0.4 is 10.0 Å². The molecule has 0 bridgehead atoms. The molecule has 0 N–H and O–H groups in total. The molecule has 0 radical (unpaired) electrons. The summed E-state index contributed by atoms with van der Waals surface area (Å²) in [5.41, 5.74) is -0.105. The fraction of sp³-hybridized carbons (Fsp3) is 0. The lowest BCUT2D eigenvalue weighted by Gasteiger charge is -2.08. The fourth-order valence-corrected chi connectivity index (χ4v) is 4.72. The molecule has 10 heteroatoms. The third kappa shape index (κ3) is 2.70. The fourth-order valence-electron chi connectivity index (χ4n) is 2.79. The van der Waals surface area contributed by atoms with E-state index in [1.54, 1.807) is 5.38 Å². The maximum absolute atomic E-state index is 12.8. The number of carbonyl (C=O) groups is 3. The van der Waals surface area contributed by atoms with E-state index < -0.39 is 27.6 Å². The van der Waals surface area contributed by atoms with Crippen LogP contribution in [0.4, 0.5) is 5.13 Å². The first-order chi connectivity index (χ1) is 13.3. The lowest BCUT2D eigenvalue weighted by atomic mass is 10.1. The molecule has 140 valence electrons. The first-order valence-corrected chi connectivity index (χ1v) is 10.2. The van der Waals surface area contributed by atoms with Gasteiger partial charge in [-0.05, 0) is 35.9 Å². The van der Waals surface area contributed by atoms with Crippen LogP contribution in [0.3, 0.4) is 0 Å². The van der Waals surface area contributed by atoms with Gasteiger partial charge in [0.05, 0.1) is 26.9 Å². The number of carboxylic acid groups (broad SMARTS) is 1. The molecule has 2 amide bonds. The van der Waals surface area contributed by atoms with Crippen LogP contribution in [-0.2, 0) is 9.84 Å². The number of carbonyl (C=O) groups excluding carboxylic acids is 3. The first-order valence-electron chi connectivity index (χ1n) is 7.79. The van der Waals surface area contributed by atoms with Gasteiger partial charge in [0.15, 0.2) is 5.13 Å². The number of anilines is 1. The molecule has 2 heterocycles. The van der Waals surface area contributed by atoms with Crippen LogP contribution in [-0.4, -0.2) is 31.2 Å². The standard InChI is InChI=1S/C18H10N2O6S2/c21-15-13-6-5-12(9-14(13)16(22)20(15)18-19-7-8-27-18)28(25,26)11-3-1-10(2-4-11)17(23)24/h1-9H,(H,23,24)/p-1. The average Bonchev–Trinajstić information content (AvgIpc) is 3.29. The first kappa shape index (κ1) is 18.0. The van der Waals surface area contributed by atoms with Crippen molar-refractivity contribution in [3.05, 3.63) is 70.7 Å². The average molecular weight is 413 g/mol. The van der Waals surface area contributed by atoms with Crippen LogP contribution in [0, 0.1) is 0 Å². The minimum Gasteiger partial charge on any atom is -0.545 e. The van der Waals surface area contributed by atoms with E-state index in [1.807, 2.05) is 0 Å². The monoisotopic (exact) mass is 413 g/mol. The highest BCUT2D eigenvalue weighted by atomic mass is 32.2. The van der Waals surface area contributed by atoms with Gasteiger partial charge in [-0.3, -0.25) is 9.59 Å². The molecule has 0 saturated heterocycles. The molecule has 1 aliphatic rings. The Bertz CT molecular complexity index is 1230. The van der Waals surface area contributed by atoms with Crippen LogP contribution in [0.2, 0.25) is 0 Å². The van der Waals surface area contributed by atoms with E-state index in [0.717, 1.165) is 46.6 Å². The summed E-state index contributed by atoms with van der Waals surface area (Å²) in [5.74, 6) is -2.65. The molecule has 0 spiro atoms. The summed E-state index contributed by atoms with van der Waals surface area (Å²) in [4.78, 5) is 40.5. The van der Waals surface area contributed by atoms with Gasteiger partial charge in [0.1, 0.15) is 0 Å². The van der Waals surface area contributed by atoms with Crippen LogP contribution in [0.25, 0.3) is 0 Å². The second-order valence-corrected chi connectivity index (χ2v) is 8.61.